The van der Waals surface area contributed by atoms with Gasteiger partial charge in [-0.15, -0.1) is 0 Å². The second-order valence-electron chi connectivity index (χ2n) is 6.08. The highest BCUT2D eigenvalue weighted by Crippen LogP contribution is 2.30. The van der Waals surface area contributed by atoms with Gasteiger partial charge >= 0.3 is 0 Å². The number of hydrogen-bond donors (Lipinski definition) is 3. The van der Waals surface area contributed by atoms with E-state index in [-0.39, 0.29) is 0 Å². The summed E-state index contributed by atoms with van der Waals surface area (Å²) in [5, 5.41) is 19.1. The minimum Gasteiger partial charge on any atom is -0.387 e. The molecular weight excluding hydrogens is 324 g/mol. The fraction of sp³-hybridized carbons (Fsp3) is 0.286. The summed E-state index contributed by atoms with van der Waals surface area (Å²) in [5.74, 6) is 0. The summed E-state index contributed by atoms with van der Waals surface area (Å²) in [6.45, 7) is 8.63. The highest BCUT2D eigenvalue weighted by molar-refractivity contribution is 5.93. The van der Waals surface area contributed by atoms with Gasteiger partial charge in [-0.1, -0.05) is 19.4 Å². The zero-order valence-corrected chi connectivity index (χ0v) is 15.6. The van der Waals surface area contributed by atoms with Crippen LogP contribution in [0.1, 0.15) is 60.7 Å². The second-order valence-corrected chi connectivity index (χ2v) is 6.08. The largest absolute Gasteiger partial charge is 0.387 e. The number of aryl methyl sites for hydroxylation is 1. The average molecular weight is 350 g/mol. The summed E-state index contributed by atoms with van der Waals surface area (Å²) < 4.78 is 0. The van der Waals surface area contributed by atoms with Crippen LogP contribution >= 0.6 is 0 Å². The second kappa shape index (κ2) is 9.06. The van der Waals surface area contributed by atoms with Gasteiger partial charge in [0.05, 0.1) is 11.8 Å². The van der Waals surface area contributed by atoms with Gasteiger partial charge in [0, 0.05) is 46.7 Å². The molecular formula is C21H26N4O. The van der Waals surface area contributed by atoms with E-state index in [1.54, 1.807) is 6.20 Å². The van der Waals surface area contributed by atoms with Crippen molar-refractivity contribution in [2.75, 3.05) is 0 Å². The van der Waals surface area contributed by atoms with Gasteiger partial charge in [0.15, 0.2) is 0 Å². The number of rotatable bonds is 4. The number of fused-ring (bicyclic) bond motifs is 1. The fourth-order valence-corrected chi connectivity index (χ4v) is 3.01. The molecule has 136 valence electrons. The Morgan fingerprint density at radius 1 is 1.31 bits per heavy atom. The van der Waals surface area contributed by atoms with Gasteiger partial charge in [-0.05, 0) is 50.8 Å². The van der Waals surface area contributed by atoms with Crippen LogP contribution in [0.25, 0.3) is 17.5 Å². The minimum atomic E-state index is -0.493. The van der Waals surface area contributed by atoms with Crippen LogP contribution in [0.2, 0.25) is 0 Å². The standard InChI is InChI=1S/C20H23N3O.CH3N/c1-4-6-20(24)19-9-13(3)16(12-22-19)18-10-14-11-21-8-7-15(14)17(5-2)23-18;1-2/h5,7-12,20,23-24H,4,6H2,1-3H3;2H,1H2/b17-5-;. The molecule has 26 heavy (non-hydrogen) atoms. The topological polar surface area (TPSA) is 81.9 Å². The van der Waals surface area contributed by atoms with E-state index >= 15 is 0 Å². The van der Waals surface area contributed by atoms with Crippen molar-refractivity contribution >= 4 is 24.2 Å². The van der Waals surface area contributed by atoms with Crippen molar-refractivity contribution in [3.63, 3.8) is 0 Å². The van der Waals surface area contributed by atoms with E-state index in [0.717, 1.165) is 52.2 Å². The van der Waals surface area contributed by atoms with Crippen LogP contribution in [0.5, 0.6) is 0 Å². The van der Waals surface area contributed by atoms with E-state index in [1.807, 2.05) is 31.5 Å². The van der Waals surface area contributed by atoms with Gasteiger partial charge in [-0.25, -0.2) is 0 Å². The van der Waals surface area contributed by atoms with Gasteiger partial charge < -0.3 is 15.8 Å². The van der Waals surface area contributed by atoms with Crippen LogP contribution < -0.4 is 5.32 Å². The molecule has 2 aromatic heterocycles. The number of aliphatic hydroxyl groups is 1. The van der Waals surface area contributed by atoms with Crippen LogP contribution in [-0.2, 0) is 0 Å². The molecule has 5 heteroatoms. The van der Waals surface area contributed by atoms with Gasteiger partial charge in [-0.3, -0.25) is 9.97 Å². The van der Waals surface area contributed by atoms with E-state index in [0.29, 0.717) is 0 Å². The Hall–Kier alpha value is -2.79. The molecule has 1 unspecified atom stereocenters. The van der Waals surface area contributed by atoms with E-state index < -0.39 is 6.10 Å². The molecule has 0 aromatic carbocycles. The van der Waals surface area contributed by atoms with Crippen molar-refractivity contribution in [3.05, 3.63) is 64.7 Å². The Labute approximate surface area is 155 Å². The molecule has 0 aliphatic carbocycles. The van der Waals surface area contributed by atoms with Crippen LogP contribution in [0, 0.1) is 12.3 Å². The van der Waals surface area contributed by atoms with E-state index in [2.05, 4.69) is 48.0 Å². The maximum Gasteiger partial charge on any atom is 0.0959 e. The van der Waals surface area contributed by atoms with E-state index in [1.165, 1.54) is 0 Å². The van der Waals surface area contributed by atoms with Gasteiger partial charge in [0.2, 0.25) is 0 Å². The molecule has 1 aliphatic heterocycles. The Morgan fingerprint density at radius 3 is 2.73 bits per heavy atom. The lowest BCUT2D eigenvalue weighted by Gasteiger charge is -2.23. The first-order valence-corrected chi connectivity index (χ1v) is 8.73. The molecule has 3 rings (SSSR count). The molecule has 0 bridgehead atoms. The molecule has 0 amide bonds. The van der Waals surface area contributed by atoms with Crippen molar-refractivity contribution in [3.8, 4) is 0 Å². The number of nitrogens with one attached hydrogen (secondary N) is 2. The van der Waals surface area contributed by atoms with Gasteiger partial charge in [0.25, 0.3) is 0 Å². The Bertz CT molecular complexity index is 827. The number of nitrogens with zero attached hydrogens (tertiary/aromatic N) is 2. The third kappa shape index (κ3) is 4.06. The van der Waals surface area contributed by atoms with Crippen LogP contribution in [0.4, 0.5) is 0 Å². The van der Waals surface area contributed by atoms with E-state index in [4.69, 9.17) is 5.41 Å². The van der Waals surface area contributed by atoms with Crippen LogP contribution in [0.15, 0.2) is 36.8 Å². The molecule has 3 N–H and O–H groups in total. The summed E-state index contributed by atoms with van der Waals surface area (Å²) in [6, 6.07) is 3.99. The summed E-state index contributed by atoms with van der Waals surface area (Å²) in [6.07, 6.45) is 10.9. The molecule has 1 aliphatic rings. The van der Waals surface area contributed by atoms with Crippen molar-refractivity contribution < 1.29 is 5.11 Å². The smallest absolute Gasteiger partial charge is 0.0959 e. The predicted octanol–water partition coefficient (Wildman–Crippen LogP) is 4.35. The zero-order valence-electron chi connectivity index (χ0n) is 15.6. The SMILES string of the molecule is C/C=C1\NC(c2cnc(C(O)CCC)cc2C)=Cc2cnccc21.C=N. The molecule has 1 atom stereocenters. The minimum absolute atomic E-state index is 0.493. The highest BCUT2D eigenvalue weighted by atomic mass is 16.3. The molecule has 2 aromatic rings. The maximum atomic E-state index is 10.1. The first-order chi connectivity index (χ1) is 12.6. The number of aliphatic hydroxyl groups excluding tert-OH is 1. The molecule has 0 spiro atoms. The summed E-state index contributed by atoms with van der Waals surface area (Å²) >= 11 is 0. The molecule has 3 heterocycles. The molecule has 0 saturated carbocycles. The molecule has 5 nitrogen and oxygen atoms in total. The number of pyridine rings is 2. The predicted molar refractivity (Wildman–Crippen MR) is 108 cm³/mol. The first kappa shape index (κ1) is 19.5. The lowest BCUT2D eigenvalue weighted by atomic mass is 9.97. The van der Waals surface area contributed by atoms with E-state index in [9.17, 15) is 5.11 Å². The summed E-state index contributed by atoms with van der Waals surface area (Å²) in [7, 11) is 0. The maximum absolute atomic E-state index is 10.1. The lowest BCUT2D eigenvalue weighted by Crippen LogP contribution is -2.17. The number of aromatic nitrogens is 2. The molecule has 0 saturated heterocycles. The summed E-state index contributed by atoms with van der Waals surface area (Å²) in [5.41, 5.74) is 7.19. The first-order valence-electron chi connectivity index (χ1n) is 8.73. The third-order valence-corrected chi connectivity index (χ3v) is 4.33. The third-order valence-electron chi connectivity index (χ3n) is 4.33. The normalized spacial score (nSPS) is 15.2. The fourth-order valence-electron chi connectivity index (χ4n) is 3.01. The Kier molecular flexibility index (Phi) is 6.81. The lowest BCUT2D eigenvalue weighted by molar-refractivity contribution is 0.161. The number of hydrogen-bond acceptors (Lipinski definition) is 5. The molecule has 0 radical (unpaired) electrons. The van der Waals surface area contributed by atoms with Gasteiger partial charge in [-0.2, -0.15) is 0 Å². The highest BCUT2D eigenvalue weighted by Gasteiger charge is 2.18. The van der Waals surface area contributed by atoms with Crippen molar-refractivity contribution in [1.29, 1.82) is 5.41 Å². The van der Waals surface area contributed by atoms with Gasteiger partial charge in [0.1, 0.15) is 0 Å². The van der Waals surface area contributed by atoms with Crippen molar-refractivity contribution in [2.45, 2.75) is 39.7 Å². The Morgan fingerprint density at radius 2 is 2.08 bits per heavy atom. The molecule has 0 fully saturated rings. The quantitative estimate of drug-likeness (QED) is 0.716. The monoisotopic (exact) mass is 350 g/mol. The Balaban J connectivity index is 0.00000117. The van der Waals surface area contributed by atoms with Crippen LogP contribution in [0.3, 0.4) is 0 Å². The average Bonchev–Trinajstić information content (AvgIpc) is 2.68. The van der Waals surface area contributed by atoms with Crippen LogP contribution in [-0.4, -0.2) is 21.8 Å². The van der Waals surface area contributed by atoms with Crippen molar-refractivity contribution in [1.82, 2.24) is 15.3 Å². The zero-order chi connectivity index (χ0) is 19.1. The van der Waals surface area contributed by atoms with Crippen molar-refractivity contribution in [2.24, 2.45) is 0 Å². The number of allylic oxidation sites excluding steroid dienone is 1. The summed E-state index contributed by atoms with van der Waals surface area (Å²) in [4.78, 5) is 8.70.